The van der Waals surface area contributed by atoms with Crippen LogP contribution in [0.25, 0.3) is 0 Å². The van der Waals surface area contributed by atoms with E-state index in [9.17, 15) is 0 Å². The largest absolute Gasteiger partial charge is 0.474 e. The van der Waals surface area contributed by atoms with Gasteiger partial charge in [0.15, 0.2) is 0 Å². The molecule has 0 spiro atoms. The van der Waals surface area contributed by atoms with Crippen LogP contribution in [0.15, 0.2) is 18.2 Å². The molecule has 0 radical (unpaired) electrons. The van der Waals surface area contributed by atoms with Crippen LogP contribution in [-0.2, 0) is 6.54 Å². The summed E-state index contributed by atoms with van der Waals surface area (Å²) in [5, 5.41) is 3.29. The van der Waals surface area contributed by atoms with E-state index in [-0.39, 0.29) is 0 Å². The minimum Gasteiger partial charge on any atom is -0.474 e. The van der Waals surface area contributed by atoms with Gasteiger partial charge in [-0.1, -0.05) is 26.8 Å². The van der Waals surface area contributed by atoms with Gasteiger partial charge in [-0.25, -0.2) is 4.98 Å². The van der Waals surface area contributed by atoms with E-state index in [0.717, 1.165) is 49.3 Å². The van der Waals surface area contributed by atoms with Crippen LogP contribution in [0.4, 0.5) is 0 Å². The highest BCUT2D eigenvalue weighted by Gasteiger charge is 2.25. The lowest BCUT2D eigenvalue weighted by Crippen LogP contribution is -2.29. The summed E-state index contributed by atoms with van der Waals surface area (Å²) in [5.74, 6) is 2.36. The quantitative estimate of drug-likeness (QED) is 0.883. The zero-order valence-corrected chi connectivity index (χ0v) is 12.4. The molecule has 1 aliphatic rings. The smallest absolute Gasteiger partial charge is 0.213 e. The van der Waals surface area contributed by atoms with Gasteiger partial charge in [0.05, 0.1) is 5.69 Å². The Morgan fingerprint density at radius 2 is 2.11 bits per heavy atom. The van der Waals surface area contributed by atoms with E-state index in [1.807, 2.05) is 18.2 Å². The predicted octanol–water partition coefficient (Wildman–Crippen LogP) is 3.39. The maximum absolute atomic E-state index is 6.06. The van der Waals surface area contributed by atoms with Crippen molar-refractivity contribution in [3.8, 4) is 5.88 Å². The van der Waals surface area contributed by atoms with Gasteiger partial charge in [0.2, 0.25) is 5.88 Å². The van der Waals surface area contributed by atoms with Gasteiger partial charge in [-0.15, -0.1) is 0 Å². The Labute approximate surface area is 116 Å². The molecule has 1 saturated carbocycles. The van der Waals surface area contributed by atoms with Crippen molar-refractivity contribution in [3.63, 3.8) is 0 Å². The van der Waals surface area contributed by atoms with Crippen LogP contribution >= 0.6 is 0 Å². The number of hydrogen-bond donors (Lipinski definition) is 1. The Hall–Kier alpha value is -1.09. The van der Waals surface area contributed by atoms with Crippen molar-refractivity contribution in [2.45, 2.75) is 52.7 Å². The summed E-state index contributed by atoms with van der Waals surface area (Å²) < 4.78 is 6.06. The average Bonchev–Trinajstić information content (AvgIpc) is 2.41. The van der Waals surface area contributed by atoms with Gasteiger partial charge in [-0.2, -0.15) is 0 Å². The van der Waals surface area contributed by atoms with Crippen LogP contribution in [-0.4, -0.2) is 17.6 Å². The van der Waals surface area contributed by atoms with Crippen molar-refractivity contribution in [1.29, 1.82) is 0 Å². The van der Waals surface area contributed by atoms with Crippen molar-refractivity contribution >= 4 is 0 Å². The van der Waals surface area contributed by atoms with Gasteiger partial charge >= 0.3 is 0 Å². The third-order valence-corrected chi connectivity index (χ3v) is 4.17. The number of nitrogens with one attached hydrogen (secondary N) is 1. The fourth-order valence-electron chi connectivity index (χ4n) is 2.65. The minimum absolute atomic E-state index is 0.341. The van der Waals surface area contributed by atoms with Crippen LogP contribution < -0.4 is 10.1 Å². The summed E-state index contributed by atoms with van der Waals surface area (Å²) in [7, 11) is 0. The molecule has 1 aliphatic carbocycles. The van der Waals surface area contributed by atoms with Gasteiger partial charge in [0, 0.05) is 12.6 Å². The van der Waals surface area contributed by atoms with Gasteiger partial charge in [-0.3, -0.25) is 0 Å². The fraction of sp³-hybridized carbons (Fsp3) is 0.688. The summed E-state index contributed by atoms with van der Waals surface area (Å²) in [6, 6.07) is 6.04. The highest BCUT2D eigenvalue weighted by atomic mass is 16.5. The normalized spacial score (nSPS) is 27.2. The molecule has 1 fully saturated rings. The topological polar surface area (TPSA) is 34.1 Å². The third-order valence-electron chi connectivity index (χ3n) is 4.17. The summed E-state index contributed by atoms with van der Waals surface area (Å²) in [6.07, 6.45) is 3.92. The minimum atomic E-state index is 0.341. The predicted molar refractivity (Wildman–Crippen MR) is 78.2 cm³/mol. The molecule has 3 unspecified atom stereocenters. The van der Waals surface area contributed by atoms with E-state index in [4.69, 9.17) is 4.74 Å². The molecular weight excluding hydrogens is 236 g/mol. The zero-order valence-electron chi connectivity index (χ0n) is 12.4. The molecule has 2 rings (SSSR count). The summed E-state index contributed by atoms with van der Waals surface area (Å²) in [4.78, 5) is 4.56. The van der Waals surface area contributed by atoms with Gasteiger partial charge in [0.25, 0.3) is 0 Å². The maximum Gasteiger partial charge on any atom is 0.213 e. The summed E-state index contributed by atoms with van der Waals surface area (Å²) >= 11 is 0. The van der Waals surface area contributed by atoms with Crippen LogP contribution in [0.2, 0.25) is 0 Å². The molecule has 3 nitrogen and oxygen atoms in total. The molecule has 3 atom stereocenters. The van der Waals surface area contributed by atoms with E-state index in [1.54, 1.807) is 0 Å². The second-order valence-corrected chi connectivity index (χ2v) is 5.75. The first-order chi connectivity index (χ1) is 9.19. The monoisotopic (exact) mass is 262 g/mol. The van der Waals surface area contributed by atoms with Crippen LogP contribution in [0.1, 0.15) is 45.7 Å². The summed E-state index contributed by atoms with van der Waals surface area (Å²) in [5.41, 5.74) is 1.05. The summed E-state index contributed by atoms with van der Waals surface area (Å²) in [6.45, 7) is 8.55. The van der Waals surface area contributed by atoms with E-state index in [1.165, 1.54) is 6.42 Å². The highest BCUT2D eigenvalue weighted by molar-refractivity contribution is 5.16. The van der Waals surface area contributed by atoms with Gasteiger partial charge in [0.1, 0.15) is 6.10 Å². The zero-order chi connectivity index (χ0) is 13.7. The van der Waals surface area contributed by atoms with E-state index in [2.05, 4.69) is 31.1 Å². The number of rotatable bonds is 5. The number of nitrogens with zero attached hydrogens (tertiary/aromatic N) is 1. The lowest BCUT2D eigenvalue weighted by Gasteiger charge is -2.31. The van der Waals surface area contributed by atoms with E-state index >= 15 is 0 Å². The Balaban J connectivity index is 1.91. The Morgan fingerprint density at radius 3 is 2.84 bits per heavy atom. The molecule has 106 valence electrons. The molecule has 1 N–H and O–H groups in total. The SMILES string of the molecule is CCNCc1cccc(OC2CCC(C)C(C)C2)n1. The van der Waals surface area contributed by atoms with Crippen molar-refractivity contribution in [2.75, 3.05) is 6.54 Å². The van der Waals surface area contributed by atoms with Crippen LogP contribution in [0.3, 0.4) is 0 Å². The molecule has 19 heavy (non-hydrogen) atoms. The number of ether oxygens (including phenoxy) is 1. The number of hydrogen-bond acceptors (Lipinski definition) is 3. The van der Waals surface area contributed by atoms with Crippen molar-refractivity contribution in [2.24, 2.45) is 11.8 Å². The Morgan fingerprint density at radius 1 is 1.26 bits per heavy atom. The fourth-order valence-corrected chi connectivity index (χ4v) is 2.65. The number of aromatic nitrogens is 1. The molecule has 0 aliphatic heterocycles. The van der Waals surface area contributed by atoms with E-state index in [0.29, 0.717) is 6.10 Å². The molecule has 0 saturated heterocycles. The molecule has 1 heterocycles. The number of pyridine rings is 1. The average molecular weight is 262 g/mol. The van der Waals surface area contributed by atoms with E-state index < -0.39 is 0 Å². The lowest BCUT2D eigenvalue weighted by atomic mass is 9.80. The van der Waals surface area contributed by atoms with Crippen LogP contribution in [0.5, 0.6) is 5.88 Å². The van der Waals surface area contributed by atoms with Crippen molar-refractivity contribution < 1.29 is 4.74 Å². The Kier molecular flexibility index (Phi) is 5.20. The van der Waals surface area contributed by atoms with Crippen LogP contribution in [0, 0.1) is 11.8 Å². The van der Waals surface area contributed by atoms with Crippen molar-refractivity contribution in [3.05, 3.63) is 23.9 Å². The standard InChI is InChI=1S/C16H26N2O/c1-4-17-11-14-6-5-7-16(18-14)19-15-9-8-12(2)13(3)10-15/h5-7,12-13,15,17H,4,8-11H2,1-3H3. The lowest BCUT2D eigenvalue weighted by molar-refractivity contribution is 0.0962. The third kappa shape index (κ3) is 4.20. The first-order valence-electron chi connectivity index (χ1n) is 7.52. The van der Waals surface area contributed by atoms with Gasteiger partial charge in [-0.05, 0) is 43.7 Å². The molecule has 0 aromatic carbocycles. The van der Waals surface area contributed by atoms with Gasteiger partial charge < -0.3 is 10.1 Å². The first kappa shape index (κ1) is 14.3. The highest BCUT2D eigenvalue weighted by Crippen LogP contribution is 2.31. The maximum atomic E-state index is 6.06. The second-order valence-electron chi connectivity index (χ2n) is 5.75. The molecule has 1 aromatic rings. The molecular formula is C16H26N2O. The molecule has 3 heteroatoms. The second kappa shape index (κ2) is 6.90. The molecule has 0 bridgehead atoms. The Bertz CT molecular complexity index is 394. The molecule has 1 aromatic heterocycles. The first-order valence-corrected chi connectivity index (χ1v) is 7.52. The molecule has 0 amide bonds. The van der Waals surface area contributed by atoms with Crippen molar-refractivity contribution in [1.82, 2.24) is 10.3 Å².